The summed E-state index contributed by atoms with van der Waals surface area (Å²) in [5.41, 5.74) is 1.76. The second kappa shape index (κ2) is 5.82. The van der Waals surface area contributed by atoms with E-state index in [2.05, 4.69) is 4.98 Å². The van der Waals surface area contributed by atoms with Crippen LogP contribution >= 0.6 is 0 Å². The Morgan fingerprint density at radius 1 is 1.53 bits per heavy atom. The van der Waals surface area contributed by atoms with Crippen molar-refractivity contribution in [3.63, 3.8) is 0 Å². The second-order valence-electron chi connectivity index (χ2n) is 4.71. The Bertz CT molecular complexity index is 487. The second-order valence-corrected chi connectivity index (χ2v) is 4.71. The van der Waals surface area contributed by atoms with Crippen LogP contribution in [0.1, 0.15) is 24.1 Å². The number of amides is 1. The number of pyridine rings is 1. The Labute approximate surface area is 112 Å². The number of hydrogen-bond donors (Lipinski definition) is 0. The van der Waals surface area contributed by atoms with Crippen molar-refractivity contribution in [1.29, 1.82) is 0 Å². The van der Waals surface area contributed by atoms with Crippen LogP contribution in [0.5, 0.6) is 0 Å². The Morgan fingerprint density at radius 2 is 2.32 bits per heavy atom. The Balaban J connectivity index is 2.07. The van der Waals surface area contributed by atoms with E-state index in [0.29, 0.717) is 13.0 Å². The van der Waals surface area contributed by atoms with Gasteiger partial charge in [0.2, 0.25) is 5.91 Å². The van der Waals surface area contributed by atoms with E-state index < -0.39 is 6.04 Å². The third kappa shape index (κ3) is 2.92. The lowest BCUT2D eigenvalue weighted by atomic mass is 10.1. The highest BCUT2D eigenvalue weighted by Crippen LogP contribution is 2.20. The van der Waals surface area contributed by atoms with Gasteiger partial charge in [-0.05, 0) is 31.4 Å². The molecule has 1 aromatic heterocycles. The molecule has 1 fully saturated rings. The molecule has 1 atom stereocenters. The molecule has 0 spiro atoms. The van der Waals surface area contributed by atoms with Crippen molar-refractivity contribution in [2.75, 3.05) is 13.7 Å². The third-order valence-corrected chi connectivity index (χ3v) is 3.48. The summed E-state index contributed by atoms with van der Waals surface area (Å²) in [6.07, 6.45) is 3.43. The highest BCUT2D eigenvalue weighted by Gasteiger charge is 2.34. The van der Waals surface area contributed by atoms with E-state index in [0.717, 1.165) is 17.7 Å². The molecule has 2 rings (SSSR count). The first kappa shape index (κ1) is 13.5. The van der Waals surface area contributed by atoms with Crippen molar-refractivity contribution in [3.05, 3.63) is 29.6 Å². The van der Waals surface area contributed by atoms with Crippen molar-refractivity contribution in [2.45, 2.75) is 32.2 Å². The van der Waals surface area contributed by atoms with Gasteiger partial charge >= 0.3 is 5.97 Å². The summed E-state index contributed by atoms with van der Waals surface area (Å²) < 4.78 is 4.74. The van der Waals surface area contributed by atoms with E-state index in [-0.39, 0.29) is 18.3 Å². The number of hydrogen-bond acceptors (Lipinski definition) is 4. The van der Waals surface area contributed by atoms with E-state index in [1.807, 2.05) is 19.1 Å². The Kier molecular flexibility index (Phi) is 4.14. The summed E-state index contributed by atoms with van der Waals surface area (Å²) in [4.78, 5) is 29.7. The molecular formula is C14H18N2O3. The smallest absolute Gasteiger partial charge is 0.328 e. The number of nitrogens with zero attached hydrogens (tertiary/aromatic N) is 2. The van der Waals surface area contributed by atoms with Crippen LogP contribution in [0.15, 0.2) is 18.3 Å². The fourth-order valence-corrected chi connectivity index (χ4v) is 2.39. The molecule has 1 amide bonds. The predicted octanol–water partition coefficient (Wildman–Crippen LogP) is 1.10. The Morgan fingerprint density at radius 3 is 3.00 bits per heavy atom. The third-order valence-electron chi connectivity index (χ3n) is 3.48. The van der Waals surface area contributed by atoms with E-state index in [1.54, 1.807) is 11.1 Å². The molecule has 0 aliphatic carbocycles. The molecule has 1 unspecified atom stereocenters. The average Bonchev–Trinajstić information content (AvgIpc) is 2.90. The highest BCUT2D eigenvalue weighted by molar-refractivity contribution is 5.86. The standard InChI is InChI=1S/C14H18N2O3/c1-10-5-3-7-15-11(10)9-13(17)16-8-4-6-12(16)14(18)19-2/h3,5,7,12H,4,6,8-9H2,1-2H3. The molecular weight excluding hydrogens is 244 g/mol. The summed E-state index contributed by atoms with van der Waals surface area (Å²) in [5, 5.41) is 0. The number of aryl methyl sites for hydroxylation is 1. The maximum absolute atomic E-state index is 12.3. The number of aromatic nitrogens is 1. The number of ether oxygens (including phenoxy) is 1. The molecule has 19 heavy (non-hydrogen) atoms. The summed E-state index contributed by atoms with van der Waals surface area (Å²) >= 11 is 0. The number of methoxy groups -OCH3 is 1. The normalized spacial score (nSPS) is 18.4. The van der Waals surface area contributed by atoms with Crippen molar-refractivity contribution in [2.24, 2.45) is 0 Å². The molecule has 5 heteroatoms. The number of likely N-dealkylation sites (tertiary alicyclic amines) is 1. The van der Waals surface area contributed by atoms with Crippen LogP contribution in [-0.4, -0.2) is 41.5 Å². The number of rotatable bonds is 3. The van der Waals surface area contributed by atoms with Gasteiger partial charge in [-0.1, -0.05) is 6.07 Å². The van der Waals surface area contributed by atoms with Gasteiger partial charge in [0, 0.05) is 12.7 Å². The lowest BCUT2D eigenvalue weighted by molar-refractivity contribution is -0.150. The molecule has 2 heterocycles. The predicted molar refractivity (Wildman–Crippen MR) is 69.4 cm³/mol. The van der Waals surface area contributed by atoms with Gasteiger partial charge in [-0.25, -0.2) is 4.79 Å². The van der Waals surface area contributed by atoms with Gasteiger partial charge < -0.3 is 9.64 Å². The lowest BCUT2D eigenvalue weighted by Gasteiger charge is -2.22. The maximum atomic E-state index is 12.3. The maximum Gasteiger partial charge on any atom is 0.328 e. The fourth-order valence-electron chi connectivity index (χ4n) is 2.39. The van der Waals surface area contributed by atoms with Crippen LogP contribution in [0.3, 0.4) is 0 Å². The van der Waals surface area contributed by atoms with Gasteiger partial charge in [-0.3, -0.25) is 9.78 Å². The molecule has 1 aromatic rings. The molecule has 0 N–H and O–H groups in total. The highest BCUT2D eigenvalue weighted by atomic mass is 16.5. The minimum absolute atomic E-state index is 0.0605. The first-order valence-corrected chi connectivity index (χ1v) is 6.41. The van der Waals surface area contributed by atoms with Crippen molar-refractivity contribution in [1.82, 2.24) is 9.88 Å². The zero-order valence-corrected chi connectivity index (χ0v) is 11.3. The van der Waals surface area contributed by atoms with Gasteiger partial charge in [0.05, 0.1) is 19.2 Å². The van der Waals surface area contributed by atoms with E-state index in [4.69, 9.17) is 4.74 Å². The number of carbonyl (C=O) groups is 2. The zero-order valence-electron chi connectivity index (χ0n) is 11.3. The summed E-state index contributed by atoms with van der Waals surface area (Å²) in [6, 6.07) is 3.34. The molecule has 1 saturated heterocycles. The van der Waals surface area contributed by atoms with Crippen LogP contribution in [0.4, 0.5) is 0 Å². The van der Waals surface area contributed by atoms with Crippen molar-refractivity contribution >= 4 is 11.9 Å². The van der Waals surface area contributed by atoms with Crippen LogP contribution in [0.25, 0.3) is 0 Å². The lowest BCUT2D eigenvalue weighted by Crippen LogP contribution is -2.42. The van der Waals surface area contributed by atoms with Gasteiger partial charge in [0.15, 0.2) is 0 Å². The van der Waals surface area contributed by atoms with Crippen LogP contribution < -0.4 is 0 Å². The van der Waals surface area contributed by atoms with Crippen molar-refractivity contribution < 1.29 is 14.3 Å². The van der Waals surface area contributed by atoms with Crippen molar-refractivity contribution in [3.8, 4) is 0 Å². The summed E-state index contributed by atoms with van der Waals surface area (Å²) in [6.45, 7) is 2.54. The quantitative estimate of drug-likeness (QED) is 0.765. The topological polar surface area (TPSA) is 59.5 Å². The molecule has 1 aliphatic rings. The minimum atomic E-state index is -0.429. The van der Waals surface area contributed by atoms with E-state index in [9.17, 15) is 9.59 Å². The van der Waals surface area contributed by atoms with Crippen LogP contribution in [-0.2, 0) is 20.7 Å². The average molecular weight is 262 g/mol. The molecule has 1 aliphatic heterocycles. The van der Waals surface area contributed by atoms with E-state index >= 15 is 0 Å². The van der Waals surface area contributed by atoms with E-state index in [1.165, 1.54) is 7.11 Å². The largest absolute Gasteiger partial charge is 0.467 e. The van der Waals surface area contributed by atoms with Gasteiger partial charge in [-0.15, -0.1) is 0 Å². The Hall–Kier alpha value is -1.91. The molecule has 0 radical (unpaired) electrons. The monoisotopic (exact) mass is 262 g/mol. The molecule has 0 saturated carbocycles. The molecule has 0 bridgehead atoms. The fraction of sp³-hybridized carbons (Fsp3) is 0.500. The van der Waals surface area contributed by atoms with Crippen LogP contribution in [0, 0.1) is 6.92 Å². The summed E-state index contributed by atoms with van der Waals surface area (Å²) in [7, 11) is 1.35. The molecule has 5 nitrogen and oxygen atoms in total. The molecule has 102 valence electrons. The van der Waals surface area contributed by atoms with Gasteiger partial charge in [-0.2, -0.15) is 0 Å². The zero-order chi connectivity index (χ0) is 13.8. The first-order chi connectivity index (χ1) is 9.13. The van der Waals surface area contributed by atoms with Gasteiger partial charge in [0.1, 0.15) is 6.04 Å². The van der Waals surface area contributed by atoms with Gasteiger partial charge in [0.25, 0.3) is 0 Å². The minimum Gasteiger partial charge on any atom is -0.467 e. The SMILES string of the molecule is COC(=O)C1CCCN1C(=O)Cc1ncccc1C. The van der Waals surface area contributed by atoms with Crippen LogP contribution in [0.2, 0.25) is 0 Å². The number of esters is 1. The number of carbonyl (C=O) groups excluding carboxylic acids is 2. The first-order valence-electron chi connectivity index (χ1n) is 6.41. The molecule has 0 aromatic carbocycles. The summed E-state index contributed by atoms with van der Waals surface area (Å²) in [5.74, 6) is -0.390.